The van der Waals surface area contributed by atoms with E-state index < -0.39 is 29.8 Å². The average molecular weight is 380 g/mol. The molecule has 0 saturated carbocycles. The number of hydrogen-bond donors (Lipinski definition) is 1. The Balaban J connectivity index is 2.10. The van der Waals surface area contributed by atoms with Crippen molar-refractivity contribution in [1.82, 2.24) is 5.32 Å². The third-order valence-electron chi connectivity index (χ3n) is 3.70. The maximum Gasteiger partial charge on any atom is 0.307 e. The van der Waals surface area contributed by atoms with Crippen molar-refractivity contribution in [2.45, 2.75) is 25.5 Å². The molecule has 0 aromatic heterocycles. The van der Waals surface area contributed by atoms with Gasteiger partial charge in [-0.05, 0) is 36.8 Å². The minimum absolute atomic E-state index is 0.0906. The van der Waals surface area contributed by atoms with Crippen molar-refractivity contribution >= 4 is 23.5 Å². The molecule has 0 saturated heterocycles. The van der Waals surface area contributed by atoms with Gasteiger partial charge in [-0.3, -0.25) is 9.59 Å². The molecule has 0 spiro atoms. The lowest BCUT2D eigenvalue weighted by molar-refractivity contribution is -0.141. The van der Waals surface area contributed by atoms with Crippen LogP contribution in [0.2, 0.25) is 5.02 Å². The molecule has 5 nitrogen and oxygen atoms in total. The van der Waals surface area contributed by atoms with Gasteiger partial charge in [0.05, 0.1) is 24.6 Å². The van der Waals surface area contributed by atoms with Crippen LogP contribution in [0.15, 0.2) is 48.5 Å². The van der Waals surface area contributed by atoms with E-state index in [9.17, 15) is 14.0 Å². The highest BCUT2D eigenvalue weighted by atomic mass is 35.5. The summed E-state index contributed by atoms with van der Waals surface area (Å²) in [5.74, 6) is -0.974. The Hall–Kier alpha value is -2.60. The van der Waals surface area contributed by atoms with Crippen LogP contribution in [0.5, 0.6) is 5.75 Å². The minimum Gasteiger partial charge on any atom is -0.479 e. The maximum absolute atomic E-state index is 13.1. The number of halogens is 2. The van der Waals surface area contributed by atoms with Crippen molar-refractivity contribution in [1.29, 1.82) is 0 Å². The fraction of sp³-hybridized carbons (Fsp3) is 0.263. The second-order valence-corrected chi connectivity index (χ2v) is 5.99. The van der Waals surface area contributed by atoms with Gasteiger partial charge in [-0.15, -0.1) is 0 Å². The summed E-state index contributed by atoms with van der Waals surface area (Å²) in [7, 11) is 1.26. The van der Waals surface area contributed by atoms with Gasteiger partial charge >= 0.3 is 5.97 Å². The number of nitrogens with one attached hydrogen (secondary N) is 1. The molecule has 1 N–H and O–H groups in total. The van der Waals surface area contributed by atoms with E-state index in [-0.39, 0.29) is 6.42 Å². The Kier molecular flexibility index (Phi) is 6.97. The predicted octanol–water partition coefficient (Wildman–Crippen LogP) is 3.67. The van der Waals surface area contributed by atoms with Crippen LogP contribution < -0.4 is 10.1 Å². The monoisotopic (exact) mass is 379 g/mol. The van der Waals surface area contributed by atoms with E-state index in [0.29, 0.717) is 16.3 Å². The smallest absolute Gasteiger partial charge is 0.307 e. The van der Waals surface area contributed by atoms with Crippen LogP contribution in [0.1, 0.15) is 24.9 Å². The number of carbonyl (C=O) groups excluding carboxylic acids is 2. The van der Waals surface area contributed by atoms with Crippen LogP contribution in [0, 0.1) is 5.82 Å². The zero-order valence-corrected chi connectivity index (χ0v) is 15.1. The molecule has 2 unspecified atom stereocenters. The fourth-order valence-electron chi connectivity index (χ4n) is 2.27. The number of amides is 1. The van der Waals surface area contributed by atoms with Crippen molar-refractivity contribution in [3.63, 3.8) is 0 Å². The molecule has 0 aliphatic carbocycles. The second kappa shape index (κ2) is 9.20. The zero-order valence-electron chi connectivity index (χ0n) is 14.4. The SMILES string of the molecule is COC(=O)CC(NC(=O)C(C)Oc1ccccc1Cl)c1ccc(F)cc1. The average Bonchev–Trinajstić information content (AvgIpc) is 2.63. The first-order valence-corrected chi connectivity index (χ1v) is 8.32. The molecule has 0 bridgehead atoms. The van der Waals surface area contributed by atoms with Crippen molar-refractivity contribution < 1.29 is 23.5 Å². The van der Waals surface area contributed by atoms with Crippen LogP contribution in [-0.4, -0.2) is 25.1 Å². The summed E-state index contributed by atoms with van der Waals surface area (Å²) in [4.78, 5) is 24.1. The van der Waals surface area contributed by atoms with E-state index in [4.69, 9.17) is 16.3 Å². The molecule has 2 rings (SSSR count). The highest BCUT2D eigenvalue weighted by molar-refractivity contribution is 6.32. The standard InChI is InChI=1S/C19H19ClFNO4/c1-12(26-17-6-4-3-5-15(17)20)19(24)22-16(11-18(23)25-2)13-7-9-14(21)10-8-13/h3-10,12,16H,11H2,1-2H3,(H,22,24). The molecule has 0 radical (unpaired) electrons. The van der Waals surface area contributed by atoms with Crippen molar-refractivity contribution in [3.8, 4) is 5.75 Å². The number of ether oxygens (including phenoxy) is 2. The molecule has 0 heterocycles. The van der Waals surface area contributed by atoms with E-state index in [2.05, 4.69) is 10.1 Å². The summed E-state index contributed by atoms with van der Waals surface area (Å²) < 4.78 is 23.4. The van der Waals surface area contributed by atoms with Gasteiger partial charge in [0.15, 0.2) is 6.10 Å². The van der Waals surface area contributed by atoms with Crippen molar-refractivity contribution in [2.75, 3.05) is 7.11 Å². The molecule has 0 aliphatic heterocycles. The Labute approximate surface area is 156 Å². The molecular weight excluding hydrogens is 361 g/mol. The van der Waals surface area contributed by atoms with Crippen LogP contribution in [0.25, 0.3) is 0 Å². The molecule has 0 fully saturated rings. The third kappa shape index (κ3) is 5.46. The second-order valence-electron chi connectivity index (χ2n) is 5.58. The fourth-order valence-corrected chi connectivity index (χ4v) is 2.45. The topological polar surface area (TPSA) is 64.6 Å². The highest BCUT2D eigenvalue weighted by Crippen LogP contribution is 2.25. The lowest BCUT2D eigenvalue weighted by Gasteiger charge is -2.21. The van der Waals surface area contributed by atoms with Gasteiger partial charge in [-0.25, -0.2) is 4.39 Å². The Morgan fingerprint density at radius 2 is 1.81 bits per heavy atom. The summed E-state index contributed by atoms with van der Waals surface area (Å²) in [6, 6.07) is 11.6. The molecule has 138 valence electrons. The van der Waals surface area contributed by atoms with Gasteiger partial charge in [-0.1, -0.05) is 35.9 Å². The molecule has 7 heteroatoms. The number of carbonyl (C=O) groups is 2. The van der Waals surface area contributed by atoms with E-state index in [0.717, 1.165) is 0 Å². The number of methoxy groups -OCH3 is 1. The van der Waals surface area contributed by atoms with Crippen LogP contribution in [0.4, 0.5) is 4.39 Å². The maximum atomic E-state index is 13.1. The summed E-state index contributed by atoms with van der Waals surface area (Å²) in [6.07, 6.45) is -0.942. The number of esters is 1. The van der Waals surface area contributed by atoms with Crippen LogP contribution in [0.3, 0.4) is 0 Å². The molecule has 0 aliphatic rings. The Morgan fingerprint density at radius 1 is 1.15 bits per heavy atom. The molecule has 1 amide bonds. The quantitative estimate of drug-likeness (QED) is 0.745. The summed E-state index contributed by atoms with van der Waals surface area (Å²) in [6.45, 7) is 1.57. The first kappa shape index (κ1) is 19.7. The summed E-state index contributed by atoms with van der Waals surface area (Å²) in [5, 5.41) is 3.11. The number of benzene rings is 2. The number of hydrogen-bond acceptors (Lipinski definition) is 4. The normalized spacial score (nSPS) is 12.8. The zero-order chi connectivity index (χ0) is 19.1. The predicted molar refractivity (Wildman–Crippen MR) is 95.5 cm³/mol. The van der Waals surface area contributed by atoms with Crippen molar-refractivity contribution in [3.05, 3.63) is 64.9 Å². The first-order valence-electron chi connectivity index (χ1n) is 7.94. The first-order chi connectivity index (χ1) is 12.4. The van der Waals surface area contributed by atoms with E-state index in [1.165, 1.54) is 31.4 Å². The van der Waals surface area contributed by atoms with Crippen molar-refractivity contribution in [2.24, 2.45) is 0 Å². The van der Waals surface area contributed by atoms with Gasteiger partial charge in [0, 0.05) is 0 Å². The van der Waals surface area contributed by atoms with E-state index in [1.807, 2.05) is 0 Å². The molecule has 2 atom stereocenters. The highest BCUT2D eigenvalue weighted by Gasteiger charge is 2.23. The van der Waals surface area contributed by atoms with Gasteiger partial charge in [-0.2, -0.15) is 0 Å². The summed E-state index contributed by atoms with van der Waals surface area (Å²) in [5.41, 5.74) is 0.579. The lowest BCUT2D eigenvalue weighted by atomic mass is 10.0. The minimum atomic E-state index is -0.851. The van der Waals surface area contributed by atoms with E-state index >= 15 is 0 Å². The third-order valence-corrected chi connectivity index (χ3v) is 4.01. The molecular formula is C19H19ClFNO4. The van der Waals surface area contributed by atoms with E-state index in [1.54, 1.807) is 31.2 Å². The van der Waals surface area contributed by atoms with Gasteiger partial charge in [0.1, 0.15) is 11.6 Å². The number of rotatable bonds is 7. The molecule has 2 aromatic carbocycles. The number of para-hydroxylation sites is 1. The largest absolute Gasteiger partial charge is 0.479 e. The van der Waals surface area contributed by atoms with Gasteiger partial charge < -0.3 is 14.8 Å². The van der Waals surface area contributed by atoms with Gasteiger partial charge in [0.2, 0.25) is 0 Å². The molecule has 2 aromatic rings. The van der Waals surface area contributed by atoms with Crippen LogP contribution in [-0.2, 0) is 14.3 Å². The molecule has 26 heavy (non-hydrogen) atoms. The Bertz CT molecular complexity index is 766. The van der Waals surface area contributed by atoms with Crippen LogP contribution >= 0.6 is 11.6 Å². The van der Waals surface area contributed by atoms with Gasteiger partial charge in [0.25, 0.3) is 5.91 Å². The Morgan fingerprint density at radius 3 is 2.42 bits per heavy atom. The summed E-state index contributed by atoms with van der Waals surface area (Å²) >= 11 is 6.02. The lowest BCUT2D eigenvalue weighted by Crippen LogP contribution is -2.39.